The van der Waals surface area contributed by atoms with Crippen LogP contribution in [-0.4, -0.2) is 50.3 Å². The molecule has 0 radical (unpaired) electrons. The van der Waals surface area contributed by atoms with Crippen molar-refractivity contribution in [3.05, 3.63) is 34.9 Å². The molecule has 1 aromatic carbocycles. The Balaban J connectivity index is 1.77. The predicted molar refractivity (Wildman–Crippen MR) is 101 cm³/mol. The fourth-order valence-electron chi connectivity index (χ4n) is 2.68. The molecular formula is C17H26ClN3OS. The lowest BCUT2D eigenvalue weighted by atomic mass is 9.99. The SMILES string of the molecule is CN=C(NCCc1cccc(Cl)c1)NCC1(SC)CCOCC1. The van der Waals surface area contributed by atoms with E-state index in [1.54, 1.807) is 0 Å². The quantitative estimate of drug-likeness (QED) is 0.608. The van der Waals surface area contributed by atoms with Crippen molar-refractivity contribution in [3.63, 3.8) is 0 Å². The Bertz CT molecular complexity index is 518. The van der Waals surface area contributed by atoms with Crippen LogP contribution in [0.3, 0.4) is 0 Å². The second-order valence-corrected chi connectivity index (χ2v) is 7.44. The van der Waals surface area contributed by atoms with Gasteiger partial charge in [0.2, 0.25) is 0 Å². The highest BCUT2D eigenvalue weighted by atomic mass is 35.5. The van der Waals surface area contributed by atoms with Gasteiger partial charge in [-0.15, -0.1) is 0 Å². The molecular weight excluding hydrogens is 330 g/mol. The number of hydrogen-bond donors (Lipinski definition) is 2. The molecule has 128 valence electrons. The van der Waals surface area contributed by atoms with Crippen LogP contribution in [0.5, 0.6) is 0 Å². The van der Waals surface area contributed by atoms with Gasteiger partial charge >= 0.3 is 0 Å². The number of nitrogens with one attached hydrogen (secondary N) is 2. The molecule has 0 unspecified atom stereocenters. The van der Waals surface area contributed by atoms with Gasteiger partial charge in [0.15, 0.2) is 5.96 Å². The third-order valence-electron chi connectivity index (χ3n) is 4.23. The van der Waals surface area contributed by atoms with Crippen molar-refractivity contribution in [2.24, 2.45) is 4.99 Å². The first-order valence-electron chi connectivity index (χ1n) is 7.99. The Morgan fingerprint density at radius 3 is 2.78 bits per heavy atom. The minimum absolute atomic E-state index is 0.253. The standard InChI is InChI=1S/C17H26ClN3OS/c1-19-16(20-9-6-14-4-3-5-15(18)12-14)21-13-17(23-2)7-10-22-11-8-17/h3-5,12H,6-11,13H2,1-2H3,(H2,19,20,21). The highest BCUT2D eigenvalue weighted by Gasteiger charge is 2.31. The van der Waals surface area contributed by atoms with E-state index in [0.717, 1.165) is 56.5 Å². The van der Waals surface area contributed by atoms with Crippen LogP contribution in [0, 0.1) is 0 Å². The summed E-state index contributed by atoms with van der Waals surface area (Å²) < 4.78 is 5.74. The lowest BCUT2D eigenvalue weighted by molar-refractivity contribution is 0.0783. The third kappa shape index (κ3) is 5.90. The molecule has 1 saturated heterocycles. The molecule has 2 N–H and O–H groups in total. The van der Waals surface area contributed by atoms with Gasteiger partial charge in [-0.05, 0) is 43.2 Å². The highest BCUT2D eigenvalue weighted by molar-refractivity contribution is 8.00. The minimum Gasteiger partial charge on any atom is -0.381 e. The zero-order chi connectivity index (χ0) is 16.5. The molecule has 0 saturated carbocycles. The molecule has 0 aromatic heterocycles. The minimum atomic E-state index is 0.253. The molecule has 2 rings (SSSR count). The maximum absolute atomic E-state index is 6.01. The Labute approximate surface area is 148 Å². The Kier molecular flexibility index (Phi) is 7.53. The van der Waals surface area contributed by atoms with Crippen LogP contribution < -0.4 is 10.6 Å². The molecule has 0 bridgehead atoms. The molecule has 6 heteroatoms. The summed E-state index contributed by atoms with van der Waals surface area (Å²) in [5.74, 6) is 0.854. The number of nitrogens with zero attached hydrogens (tertiary/aromatic N) is 1. The number of halogens is 1. The Hall–Kier alpha value is -0.910. The second-order valence-electron chi connectivity index (χ2n) is 5.73. The molecule has 1 aliphatic rings. The molecule has 4 nitrogen and oxygen atoms in total. The van der Waals surface area contributed by atoms with Crippen molar-refractivity contribution in [3.8, 4) is 0 Å². The average Bonchev–Trinajstić information content (AvgIpc) is 2.59. The summed E-state index contributed by atoms with van der Waals surface area (Å²) in [7, 11) is 1.81. The maximum Gasteiger partial charge on any atom is 0.191 e. The van der Waals surface area contributed by atoms with E-state index in [0.29, 0.717) is 0 Å². The Morgan fingerprint density at radius 2 is 2.13 bits per heavy atom. The van der Waals surface area contributed by atoms with E-state index in [-0.39, 0.29) is 4.75 Å². The van der Waals surface area contributed by atoms with Crippen LogP contribution in [0.1, 0.15) is 18.4 Å². The van der Waals surface area contributed by atoms with Crippen LogP contribution in [0.25, 0.3) is 0 Å². The molecule has 0 aliphatic carbocycles. The number of thioether (sulfide) groups is 1. The van der Waals surface area contributed by atoms with Crippen molar-refractivity contribution in [1.82, 2.24) is 10.6 Å². The van der Waals surface area contributed by atoms with Crippen LogP contribution in [0.2, 0.25) is 5.02 Å². The van der Waals surface area contributed by atoms with E-state index in [1.165, 1.54) is 5.56 Å². The fraction of sp³-hybridized carbons (Fsp3) is 0.588. The molecule has 1 fully saturated rings. The molecule has 0 spiro atoms. The van der Waals surface area contributed by atoms with Gasteiger partial charge < -0.3 is 15.4 Å². The summed E-state index contributed by atoms with van der Waals surface area (Å²) in [6, 6.07) is 7.98. The van der Waals surface area contributed by atoms with Gasteiger partial charge in [0.25, 0.3) is 0 Å². The van der Waals surface area contributed by atoms with Gasteiger partial charge in [0.05, 0.1) is 0 Å². The number of ether oxygens (including phenoxy) is 1. The van der Waals surface area contributed by atoms with Gasteiger partial charge in [0, 0.05) is 43.1 Å². The fourth-order valence-corrected chi connectivity index (χ4v) is 3.68. The van der Waals surface area contributed by atoms with Gasteiger partial charge in [0.1, 0.15) is 0 Å². The van der Waals surface area contributed by atoms with Gasteiger partial charge in [-0.2, -0.15) is 11.8 Å². The third-order valence-corrected chi connectivity index (χ3v) is 5.89. The van der Waals surface area contributed by atoms with Crippen molar-refractivity contribution >= 4 is 29.3 Å². The number of benzene rings is 1. The van der Waals surface area contributed by atoms with Gasteiger partial charge in [-0.3, -0.25) is 4.99 Å². The average molecular weight is 356 g/mol. The summed E-state index contributed by atoms with van der Waals surface area (Å²) in [5.41, 5.74) is 1.23. The number of hydrogen-bond acceptors (Lipinski definition) is 3. The van der Waals surface area contributed by atoms with E-state index in [1.807, 2.05) is 37.0 Å². The smallest absolute Gasteiger partial charge is 0.191 e. The predicted octanol–water partition coefficient (Wildman–Crippen LogP) is 2.96. The summed E-state index contributed by atoms with van der Waals surface area (Å²) >= 11 is 7.94. The number of aliphatic imine (C=N–C) groups is 1. The summed E-state index contributed by atoms with van der Waals surface area (Å²) in [6.45, 7) is 3.44. The first-order valence-corrected chi connectivity index (χ1v) is 9.59. The first kappa shape index (κ1) is 18.4. The van der Waals surface area contributed by atoms with Crippen molar-refractivity contribution in [2.75, 3.05) is 39.6 Å². The lowest BCUT2D eigenvalue weighted by Crippen LogP contribution is -2.48. The number of guanidine groups is 1. The molecule has 1 heterocycles. The van der Waals surface area contributed by atoms with Crippen molar-refractivity contribution < 1.29 is 4.74 Å². The molecule has 23 heavy (non-hydrogen) atoms. The molecule has 0 amide bonds. The van der Waals surface area contributed by atoms with E-state index >= 15 is 0 Å². The largest absolute Gasteiger partial charge is 0.381 e. The monoisotopic (exact) mass is 355 g/mol. The summed E-state index contributed by atoms with van der Waals surface area (Å²) in [4.78, 5) is 4.31. The van der Waals surface area contributed by atoms with E-state index in [9.17, 15) is 0 Å². The zero-order valence-electron chi connectivity index (χ0n) is 13.9. The number of rotatable bonds is 6. The van der Waals surface area contributed by atoms with Crippen molar-refractivity contribution in [1.29, 1.82) is 0 Å². The van der Waals surface area contributed by atoms with Gasteiger partial charge in [-0.1, -0.05) is 23.7 Å². The second kappa shape index (κ2) is 9.40. The molecule has 1 aromatic rings. The first-order chi connectivity index (χ1) is 11.2. The zero-order valence-corrected chi connectivity index (χ0v) is 15.5. The molecule has 0 atom stereocenters. The topological polar surface area (TPSA) is 45.7 Å². The maximum atomic E-state index is 6.01. The normalized spacial score (nSPS) is 17.8. The van der Waals surface area contributed by atoms with Gasteiger partial charge in [-0.25, -0.2) is 0 Å². The van der Waals surface area contributed by atoms with Crippen LogP contribution in [0.4, 0.5) is 0 Å². The van der Waals surface area contributed by atoms with Crippen LogP contribution in [-0.2, 0) is 11.2 Å². The van der Waals surface area contributed by atoms with Crippen LogP contribution in [0.15, 0.2) is 29.3 Å². The van der Waals surface area contributed by atoms with E-state index in [4.69, 9.17) is 16.3 Å². The highest BCUT2D eigenvalue weighted by Crippen LogP contribution is 2.32. The van der Waals surface area contributed by atoms with Crippen molar-refractivity contribution in [2.45, 2.75) is 24.0 Å². The van der Waals surface area contributed by atoms with Crippen LogP contribution >= 0.6 is 23.4 Å². The summed E-state index contributed by atoms with van der Waals surface area (Å²) in [6.07, 6.45) is 5.27. The molecule has 1 aliphatic heterocycles. The lowest BCUT2D eigenvalue weighted by Gasteiger charge is -2.36. The van der Waals surface area contributed by atoms with E-state index in [2.05, 4.69) is 27.9 Å². The summed E-state index contributed by atoms with van der Waals surface area (Å²) in [5, 5.41) is 7.62. The Morgan fingerprint density at radius 1 is 1.35 bits per heavy atom. The van der Waals surface area contributed by atoms with E-state index < -0.39 is 0 Å².